The molecule has 1 aromatic heterocycles. The van der Waals surface area contributed by atoms with Gasteiger partial charge in [-0.05, 0) is 6.07 Å². The first-order valence-corrected chi connectivity index (χ1v) is 7.15. The summed E-state index contributed by atoms with van der Waals surface area (Å²) in [6.07, 6.45) is -4.01. The second kappa shape index (κ2) is 6.79. The molecule has 0 aliphatic rings. The Morgan fingerprint density at radius 3 is 2.46 bits per heavy atom. The van der Waals surface area contributed by atoms with Crippen LogP contribution in [0.5, 0.6) is 5.75 Å². The van der Waals surface area contributed by atoms with Crippen LogP contribution >= 0.6 is 11.6 Å². The highest BCUT2D eigenvalue weighted by atomic mass is 35.5. The zero-order valence-electron chi connectivity index (χ0n) is 13.0. The van der Waals surface area contributed by atoms with Crippen LogP contribution in [0.2, 0.25) is 5.02 Å². The van der Waals surface area contributed by atoms with Gasteiger partial charge in [0.25, 0.3) is 0 Å². The second-order valence-corrected chi connectivity index (χ2v) is 5.34. The normalized spacial score (nSPS) is 12.3. The minimum Gasteiger partial charge on any atom is -0.502 e. The number of nitrogens with zero attached hydrogens (tertiary/aromatic N) is 3. The Bertz CT molecular complexity index is 984. The van der Waals surface area contributed by atoms with Gasteiger partial charge in [-0.25, -0.2) is 4.39 Å². The van der Waals surface area contributed by atoms with E-state index < -0.39 is 50.1 Å². The molecule has 0 bridgehead atoms. The standard InChI is InChI=1S/C15H10ClF4N3O3/c1-3-22-12(15(18,19)20)5-8(16)13(14(22)21-2)7-4-10(23(25)26)11(24)6-9(7)17/h3-6,24H,1H2,2H3. The molecule has 2 aromatic rings. The van der Waals surface area contributed by atoms with Crippen molar-refractivity contribution in [3.8, 4) is 16.9 Å². The summed E-state index contributed by atoms with van der Waals surface area (Å²) in [6.45, 7) is 3.28. The number of benzene rings is 1. The fourth-order valence-corrected chi connectivity index (χ4v) is 2.65. The Labute approximate surface area is 148 Å². The molecular formula is C15H10ClF4N3O3. The van der Waals surface area contributed by atoms with Gasteiger partial charge in [0.15, 0.2) is 5.75 Å². The highest BCUT2D eigenvalue weighted by Crippen LogP contribution is 2.38. The Balaban J connectivity index is 3.00. The van der Waals surface area contributed by atoms with Crippen LogP contribution in [0.3, 0.4) is 0 Å². The molecule has 0 amide bonds. The van der Waals surface area contributed by atoms with Crippen molar-refractivity contribution in [2.24, 2.45) is 4.99 Å². The molecular weight excluding hydrogens is 382 g/mol. The molecule has 26 heavy (non-hydrogen) atoms. The maximum atomic E-state index is 14.3. The molecule has 1 aromatic carbocycles. The Kier molecular flexibility index (Phi) is 5.08. The summed E-state index contributed by atoms with van der Waals surface area (Å²) in [5.41, 5.74) is -3.29. The molecule has 0 radical (unpaired) electrons. The fourth-order valence-electron chi connectivity index (χ4n) is 2.36. The summed E-state index contributed by atoms with van der Waals surface area (Å²) in [6, 6.07) is 1.67. The SMILES string of the molecule is C=Cn1c(C(F)(F)F)cc(Cl)c(-c2cc([N+](=O)[O-])c(O)cc2F)c1=NC. The molecule has 0 saturated heterocycles. The predicted octanol–water partition coefficient (Wildman–Crippen LogP) is 4.21. The van der Waals surface area contributed by atoms with E-state index >= 15 is 0 Å². The van der Waals surface area contributed by atoms with Crippen LogP contribution in [0.15, 0.2) is 29.8 Å². The zero-order valence-corrected chi connectivity index (χ0v) is 13.8. The lowest BCUT2D eigenvalue weighted by Crippen LogP contribution is -2.27. The minimum atomic E-state index is -4.81. The molecule has 6 nitrogen and oxygen atoms in total. The molecule has 0 spiro atoms. The van der Waals surface area contributed by atoms with E-state index in [-0.39, 0.29) is 5.56 Å². The maximum Gasteiger partial charge on any atom is 0.431 e. The molecule has 2 rings (SSSR count). The van der Waals surface area contributed by atoms with Crippen molar-refractivity contribution in [3.63, 3.8) is 0 Å². The highest BCUT2D eigenvalue weighted by Gasteiger charge is 2.35. The number of alkyl halides is 3. The van der Waals surface area contributed by atoms with E-state index in [1.807, 2.05) is 0 Å². The van der Waals surface area contributed by atoms with Crippen molar-refractivity contribution in [2.45, 2.75) is 6.18 Å². The van der Waals surface area contributed by atoms with Crippen LogP contribution in [0.1, 0.15) is 5.69 Å². The molecule has 0 saturated carbocycles. The summed E-state index contributed by atoms with van der Waals surface area (Å²) in [4.78, 5) is 13.7. The first-order valence-electron chi connectivity index (χ1n) is 6.77. The average Bonchev–Trinajstić information content (AvgIpc) is 2.53. The number of aromatic nitrogens is 1. The lowest BCUT2D eigenvalue weighted by Gasteiger charge is -2.17. The van der Waals surface area contributed by atoms with Crippen LogP contribution in [0, 0.1) is 15.9 Å². The van der Waals surface area contributed by atoms with E-state index in [1.165, 1.54) is 0 Å². The van der Waals surface area contributed by atoms with Crippen molar-refractivity contribution >= 4 is 23.5 Å². The molecule has 11 heteroatoms. The second-order valence-electron chi connectivity index (χ2n) is 4.93. The number of halogens is 5. The van der Waals surface area contributed by atoms with Gasteiger partial charge in [-0.2, -0.15) is 13.2 Å². The molecule has 0 fully saturated rings. The molecule has 0 aliphatic heterocycles. The number of nitro benzene ring substituents is 1. The number of phenols is 1. The number of pyridine rings is 1. The number of rotatable bonds is 3. The Morgan fingerprint density at radius 2 is 2.00 bits per heavy atom. The van der Waals surface area contributed by atoms with Crippen LogP contribution in [-0.4, -0.2) is 21.6 Å². The third-order valence-corrected chi connectivity index (χ3v) is 3.73. The van der Waals surface area contributed by atoms with Crippen LogP contribution < -0.4 is 5.49 Å². The van der Waals surface area contributed by atoms with Crippen LogP contribution in [0.4, 0.5) is 23.2 Å². The zero-order chi connectivity index (χ0) is 19.8. The van der Waals surface area contributed by atoms with E-state index in [4.69, 9.17) is 11.6 Å². The molecule has 0 atom stereocenters. The Morgan fingerprint density at radius 1 is 1.38 bits per heavy atom. The third kappa shape index (κ3) is 3.27. The largest absolute Gasteiger partial charge is 0.502 e. The van der Waals surface area contributed by atoms with Gasteiger partial charge in [-0.15, -0.1) is 0 Å². The van der Waals surface area contributed by atoms with Gasteiger partial charge in [0.2, 0.25) is 0 Å². The van der Waals surface area contributed by atoms with Gasteiger partial charge in [-0.3, -0.25) is 19.7 Å². The lowest BCUT2D eigenvalue weighted by molar-refractivity contribution is -0.385. The smallest absolute Gasteiger partial charge is 0.431 e. The summed E-state index contributed by atoms with van der Waals surface area (Å²) in [5, 5.41) is 19.9. The number of aromatic hydroxyl groups is 1. The van der Waals surface area contributed by atoms with Gasteiger partial charge in [-0.1, -0.05) is 18.2 Å². The van der Waals surface area contributed by atoms with Crippen molar-refractivity contribution in [1.29, 1.82) is 0 Å². The maximum absolute atomic E-state index is 14.3. The number of hydrogen-bond donors (Lipinski definition) is 1. The van der Waals surface area contributed by atoms with Crippen molar-refractivity contribution in [1.82, 2.24) is 4.57 Å². The average molecular weight is 392 g/mol. The summed E-state index contributed by atoms with van der Waals surface area (Å²) >= 11 is 5.92. The summed E-state index contributed by atoms with van der Waals surface area (Å²) in [5.74, 6) is -2.07. The molecule has 0 unspecified atom stereocenters. The van der Waals surface area contributed by atoms with Crippen LogP contribution in [0.25, 0.3) is 17.3 Å². The first-order chi connectivity index (χ1) is 12.0. The number of phenolic OH excluding ortho intramolecular Hbond substituents is 1. The fraction of sp³-hybridized carbons (Fsp3) is 0.133. The van der Waals surface area contributed by atoms with E-state index in [9.17, 15) is 32.8 Å². The van der Waals surface area contributed by atoms with Gasteiger partial charge < -0.3 is 5.11 Å². The minimum absolute atomic E-state index is 0.317. The third-order valence-electron chi connectivity index (χ3n) is 3.43. The number of hydrogen-bond acceptors (Lipinski definition) is 4. The van der Waals surface area contributed by atoms with Gasteiger partial charge in [0.05, 0.1) is 9.95 Å². The van der Waals surface area contributed by atoms with Gasteiger partial charge in [0, 0.05) is 36.5 Å². The molecule has 138 valence electrons. The van der Waals surface area contributed by atoms with Crippen molar-refractivity contribution in [2.75, 3.05) is 7.05 Å². The predicted molar refractivity (Wildman–Crippen MR) is 86.0 cm³/mol. The molecule has 1 N–H and O–H groups in total. The lowest BCUT2D eigenvalue weighted by atomic mass is 10.0. The van der Waals surface area contributed by atoms with E-state index in [0.717, 1.165) is 13.2 Å². The number of nitro groups is 1. The van der Waals surface area contributed by atoms with E-state index in [2.05, 4.69) is 11.6 Å². The van der Waals surface area contributed by atoms with E-state index in [0.29, 0.717) is 22.8 Å². The van der Waals surface area contributed by atoms with Crippen molar-refractivity contribution < 1.29 is 27.6 Å². The van der Waals surface area contributed by atoms with Gasteiger partial charge >= 0.3 is 11.9 Å². The quantitative estimate of drug-likeness (QED) is 0.483. The summed E-state index contributed by atoms with van der Waals surface area (Å²) in [7, 11) is 1.14. The van der Waals surface area contributed by atoms with Crippen LogP contribution in [-0.2, 0) is 6.18 Å². The first kappa shape index (κ1) is 19.4. The monoisotopic (exact) mass is 391 g/mol. The van der Waals surface area contributed by atoms with Crippen molar-refractivity contribution in [3.05, 3.63) is 56.9 Å². The highest BCUT2D eigenvalue weighted by molar-refractivity contribution is 6.33. The molecule has 1 heterocycles. The topological polar surface area (TPSA) is 80.7 Å². The summed E-state index contributed by atoms with van der Waals surface area (Å²) < 4.78 is 54.5. The molecule has 0 aliphatic carbocycles. The van der Waals surface area contributed by atoms with Gasteiger partial charge in [0.1, 0.15) is 17.0 Å². The van der Waals surface area contributed by atoms with E-state index in [1.54, 1.807) is 0 Å². The Hall–Kier alpha value is -2.88.